The zero-order valence-electron chi connectivity index (χ0n) is 19.8. The van der Waals surface area contributed by atoms with E-state index in [1.165, 1.54) is 6.08 Å². The molecular formula is C26H26N7O3+. The van der Waals surface area contributed by atoms with Gasteiger partial charge in [0.2, 0.25) is 11.6 Å². The Morgan fingerprint density at radius 2 is 2.17 bits per heavy atom. The number of nitrogens with one attached hydrogen (secondary N) is 1. The quantitative estimate of drug-likeness (QED) is 0.371. The van der Waals surface area contributed by atoms with Crippen molar-refractivity contribution in [3.05, 3.63) is 90.2 Å². The molecule has 3 aliphatic heterocycles. The Balaban J connectivity index is 1.62. The molecule has 2 aromatic rings. The standard InChI is InChI=1S/C26H25N7O3/c1-3-23(34)32-13-6-7-20(32)24-21-16-28-12-14-33(21,27)25(31-24)19-15-17(36-2)9-10-18(19)26(35)30-22-8-4-5-11-29-22/h3-5,8-12,14-16,20H,1,6-7,13,27H2,2H3/p+1. The van der Waals surface area contributed by atoms with Crippen molar-refractivity contribution >= 4 is 29.7 Å². The highest BCUT2D eigenvalue weighted by molar-refractivity contribution is 6.13. The number of ether oxygens (including phenoxy) is 1. The molecule has 1 saturated heterocycles. The number of carbonyl (C=O) groups excluding carboxylic acids is 2. The first-order chi connectivity index (χ1) is 17.5. The van der Waals surface area contributed by atoms with Crippen LogP contribution in [0.5, 0.6) is 5.75 Å². The van der Waals surface area contributed by atoms with E-state index in [0.29, 0.717) is 46.5 Å². The maximum absolute atomic E-state index is 13.4. The highest BCUT2D eigenvalue weighted by Gasteiger charge is 2.49. The molecule has 3 N–H and O–H groups in total. The molecule has 1 fully saturated rings. The van der Waals surface area contributed by atoms with Crippen LogP contribution in [0.2, 0.25) is 0 Å². The second kappa shape index (κ2) is 9.33. The Labute approximate surface area is 208 Å². The van der Waals surface area contributed by atoms with E-state index in [1.807, 2.05) is 0 Å². The first-order valence-corrected chi connectivity index (χ1v) is 11.5. The summed E-state index contributed by atoms with van der Waals surface area (Å²) in [7, 11) is 1.55. The van der Waals surface area contributed by atoms with Crippen molar-refractivity contribution in [1.29, 1.82) is 0 Å². The second-order valence-electron chi connectivity index (χ2n) is 8.53. The SMILES string of the molecule is C=CC(=O)N1CCCC1C1=C2C=NC=C[N+]2(N)C(c2cc(OC)ccc2C(=O)Nc2ccccn2)=N1. The fraction of sp³-hybridized carbons (Fsp3) is 0.192. The Hall–Kier alpha value is -4.41. The van der Waals surface area contributed by atoms with Crippen LogP contribution in [0.1, 0.15) is 28.8 Å². The summed E-state index contributed by atoms with van der Waals surface area (Å²) in [6.45, 7) is 4.24. The van der Waals surface area contributed by atoms with E-state index in [0.717, 1.165) is 12.8 Å². The highest BCUT2D eigenvalue weighted by atomic mass is 16.5. The number of amidine groups is 1. The number of carbonyl (C=O) groups is 2. The van der Waals surface area contributed by atoms with E-state index >= 15 is 0 Å². The van der Waals surface area contributed by atoms with Crippen molar-refractivity contribution < 1.29 is 18.9 Å². The number of pyridine rings is 1. The van der Waals surface area contributed by atoms with E-state index < -0.39 is 0 Å². The molecule has 2 atom stereocenters. The molecule has 0 saturated carbocycles. The number of nitrogens with zero attached hydrogens (tertiary/aromatic N) is 5. The Morgan fingerprint density at radius 3 is 2.92 bits per heavy atom. The lowest BCUT2D eigenvalue weighted by molar-refractivity contribution is -0.750. The van der Waals surface area contributed by atoms with Crippen molar-refractivity contribution in [3.8, 4) is 5.75 Å². The van der Waals surface area contributed by atoms with Crippen LogP contribution in [0.25, 0.3) is 0 Å². The number of quaternary nitrogens is 1. The predicted molar refractivity (Wildman–Crippen MR) is 136 cm³/mol. The van der Waals surface area contributed by atoms with Gasteiger partial charge in [0.1, 0.15) is 23.5 Å². The van der Waals surface area contributed by atoms with Gasteiger partial charge in [0.15, 0.2) is 0 Å². The molecule has 0 bridgehead atoms. The van der Waals surface area contributed by atoms with Crippen molar-refractivity contribution in [1.82, 2.24) is 9.88 Å². The number of anilines is 1. The number of aromatic nitrogens is 1. The predicted octanol–water partition coefficient (Wildman–Crippen LogP) is 2.74. The van der Waals surface area contributed by atoms with Gasteiger partial charge in [0.05, 0.1) is 36.7 Å². The number of likely N-dealkylation sites (tertiary alicyclic amines) is 1. The van der Waals surface area contributed by atoms with E-state index in [1.54, 1.807) is 73.2 Å². The minimum atomic E-state index is -0.366. The summed E-state index contributed by atoms with van der Waals surface area (Å²) in [5, 5.41) is 2.82. The van der Waals surface area contributed by atoms with Crippen LogP contribution in [0.15, 0.2) is 89.0 Å². The number of benzene rings is 1. The van der Waals surface area contributed by atoms with Crippen molar-refractivity contribution in [2.24, 2.45) is 15.8 Å². The topological polar surface area (TPSA) is 122 Å². The number of fused-ring (bicyclic) bond motifs is 1. The summed E-state index contributed by atoms with van der Waals surface area (Å²) in [5.74, 6) is 7.79. The molecule has 2 unspecified atom stereocenters. The lowest BCUT2D eigenvalue weighted by Gasteiger charge is -2.28. The summed E-state index contributed by atoms with van der Waals surface area (Å²) in [5.41, 5.74) is 2.13. The minimum absolute atomic E-state index is 0.163. The molecule has 0 aliphatic carbocycles. The smallest absolute Gasteiger partial charge is 0.265 e. The first kappa shape index (κ1) is 23.3. The number of allylic oxidation sites excluding steroid dienone is 1. The molecule has 4 heterocycles. The average molecular weight is 485 g/mol. The fourth-order valence-electron chi connectivity index (χ4n) is 4.72. The van der Waals surface area contributed by atoms with Crippen LogP contribution >= 0.6 is 0 Å². The van der Waals surface area contributed by atoms with Gasteiger partial charge in [0.25, 0.3) is 11.7 Å². The van der Waals surface area contributed by atoms with Gasteiger partial charge < -0.3 is 15.0 Å². The van der Waals surface area contributed by atoms with Gasteiger partial charge in [-0.1, -0.05) is 12.6 Å². The van der Waals surface area contributed by atoms with Gasteiger partial charge in [-0.05, 0) is 49.2 Å². The minimum Gasteiger partial charge on any atom is -0.497 e. The third-order valence-electron chi connectivity index (χ3n) is 6.47. The summed E-state index contributed by atoms with van der Waals surface area (Å²) in [6.07, 6.45) is 9.44. The molecule has 2 amide bonds. The molecule has 1 aromatic carbocycles. The molecule has 182 valence electrons. The van der Waals surface area contributed by atoms with Gasteiger partial charge >= 0.3 is 0 Å². The zero-order chi connectivity index (χ0) is 25.3. The number of methoxy groups -OCH3 is 1. The van der Waals surface area contributed by atoms with Crippen LogP contribution < -0.4 is 15.9 Å². The summed E-state index contributed by atoms with van der Waals surface area (Å²) in [4.78, 5) is 41.1. The third kappa shape index (κ3) is 3.92. The summed E-state index contributed by atoms with van der Waals surface area (Å²) >= 11 is 0. The van der Waals surface area contributed by atoms with E-state index in [-0.39, 0.29) is 22.4 Å². The van der Waals surface area contributed by atoms with E-state index in [2.05, 4.69) is 21.9 Å². The molecule has 0 radical (unpaired) electrons. The molecular weight excluding hydrogens is 458 g/mol. The van der Waals surface area contributed by atoms with Crippen molar-refractivity contribution in [2.45, 2.75) is 18.9 Å². The molecule has 3 aliphatic rings. The molecule has 10 heteroatoms. The monoisotopic (exact) mass is 484 g/mol. The molecule has 10 nitrogen and oxygen atoms in total. The Morgan fingerprint density at radius 1 is 1.31 bits per heavy atom. The van der Waals surface area contributed by atoms with Gasteiger partial charge in [-0.25, -0.2) is 4.98 Å². The van der Waals surface area contributed by atoms with Crippen LogP contribution in [0, 0.1) is 0 Å². The number of rotatable bonds is 6. The fourth-order valence-corrected chi connectivity index (χ4v) is 4.72. The third-order valence-corrected chi connectivity index (χ3v) is 6.47. The van der Waals surface area contributed by atoms with Gasteiger partial charge in [0, 0.05) is 12.7 Å². The maximum atomic E-state index is 13.4. The number of aliphatic imine (C=N–C) groups is 2. The van der Waals surface area contributed by atoms with E-state index in [9.17, 15) is 9.59 Å². The number of hydrogen-bond donors (Lipinski definition) is 2. The van der Waals surface area contributed by atoms with E-state index in [4.69, 9.17) is 15.6 Å². The van der Waals surface area contributed by atoms with Crippen LogP contribution in [0.4, 0.5) is 5.82 Å². The van der Waals surface area contributed by atoms with Crippen molar-refractivity contribution in [2.75, 3.05) is 19.0 Å². The van der Waals surface area contributed by atoms with Crippen LogP contribution in [-0.4, -0.2) is 58.0 Å². The van der Waals surface area contributed by atoms with Gasteiger partial charge in [-0.2, -0.15) is 10.8 Å². The normalized spacial score (nSPS) is 22.3. The maximum Gasteiger partial charge on any atom is 0.265 e. The molecule has 5 rings (SSSR count). The number of amides is 2. The number of nitrogens with two attached hydrogens (primary N) is 1. The summed E-state index contributed by atoms with van der Waals surface area (Å²) in [6, 6.07) is 10.1. The lowest BCUT2D eigenvalue weighted by atomic mass is 10.0. The second-order valence-corrected chi connectivity index (χ2v) is 8.53. The number of hydrogen-bond acceptors (Lipinski definition) is 7. The molecule has 1 aromatic heterocycles. The Kier molecular flexibility index (Phi) is 6.05. The van der Waals surface area contributed by atoms with Crippen molar-refractivity contribution in [3.63, 3.8) is 0 Å². The molecule has 0 spiro atoms. The lowest BCUT2D eigenvalue weighted by Crippen LogP contribution is -2.53. The van der Waals surface area contributed by atoms with Crippen LogP contribution in [0.3, 0.4) is 0 Å². The summed E-state index contributed by atoms with van der Waals surface area (Å²) < 4.78 is 5.17. The Bertz CT molecular complexity index is 1360. The highest BCUT2D eigenvalue weighted by Crippen LogP contribution is 2.38. The largest absolute Gasteiger partial charge is 0.497 e. The first-order valence-electron chi connectivity index (χ1n) is 11.5. The average Bonchev–Trinajstić information content (AvgIpc) is 3.50. The zero-order valence-corrected chi connectivity index (χ0v) is 19.8. The van der Waals surface area contributed by atoms with Gasteiger partial charge in [-0.3, -0.25) is 14.6 Å². The van der Waals surface area contributed by atoms with Crippen LogP contribution in [-0.2, 0) is 4.79 Å². The van der Waals surface area contributed by atoms with Gasteiger partial charge in [-0.15, -0.1) is 4.59 Å². The molecule has 36 heavy (non-hydrogen) atoms.